The van der Waals surface area contributed by atoms with E-state index in [0.717, 1.165) is 21.8 Å². The van der Waals surface area contributed by atoms with Crippen molar-refractivity contribution in [3.8, 4) is 0 Å². The molecule has 2 atom stereocenters. The number of nitrogens with one attached hydrogen (secondary N) is 2. The molecule has 0 radical (unpaired) electrons. The SMILES string of the molecule is FC(F)(F)C1(c2ccc(Br)cc2)CCCCN1.FC(F)(F)C1(c2ccc(Br)cc2)CCCCN1. The summed E-state index contributed by atoms with van der Waals surface area (Å²) >= 11 is 6.47. The molecule has 2 unspecified atom stereocenters. The molecule has 2 heterocycles. The average molecular weight is 616 g/mol. The van der Waals surface area contributed by atoms with Crippen LogP contribution in [-0.2, 0) is 11.1 Å². The topological polar surface area (TPSA) is 24.1 Å². The first-order valence-corrected chi connectivity index (χ1v) is 12.7. The van der Waals surface area contributed by atoms with Crippen molar-refractivity contribution in [1.82, 2.24) is 10.6 Å². The zero-order valence-electron chi connectivity index (χ0n) is 18.3. The molecule has 2 N–H and O–H groups in total. The number of piperidine rings is 2. The number of rotatable bonds is 2. The minimum absolute atomic E-state index is 0.109. The number of hydrogen-bond donors (Lipinski definition) is 2. The first-order chi connectivity index (χ1) is 15.9. The zero-order valence-corrected chi connectivity index (χ0v) is 21.5. The predicted molar refractivity (Wildman–Crippen MR) is 127 cm³/mol. The molecule has 34 heavy (non-hydrogen) atoms. The van der Waals surface area contributed by atoms with Crippen LogP contribution in [0.4, 0.5) is 26.3 Å². The zero-order chi connectivity index (χ0) is 25.0. The second kappa shape index (κ2) is 10.9. The molecule has 0 bridgehead atoms. The van der Waals surface area contributed by atoms with Crippen LogP contribution >= 0.6 is 31.9 Å². The molecule has 2 aromatic carbocycles. The maximum atomic E-state index is 13.3. The second-order valence-electron chi connectivity index (χ2n) is 8.59. The lowest BCUT2D eigenvalue weighted by Gasteiger charge is -2.40. The van der Waals surface area contributed by atoms with E-state index in [2.05, 4.69) is 42.5 Å². The molecule has 2 nitrogen and oxygen atoms in total. The molecular weight excluding hydrogens is 590 g/mol. The largest absolute Gasteiger partial charge is 0.410 e. The molecule has 4 rings (SSSR count). The van der Waals surface area contributed by atoms with Crippen LogP contribution in [0, 0.1) is 0 Å². The van der Waals surface area contributed by atoms with Gasteiger partial charge in [0.2, 0.25) is 0 Å². The van der Waals surface area contributed by atoms with Gasteiger partial charge in [-0.25, -0.2) is 0 Å². The van der Waals surface area contributed by atoms with Crippen molar-refractivity contribution in [2.75, 3.05) is 13.1 Å². The quantitative estimate of drug-likeness (QED) is 0.335. The fourth-order valence-electron chi connectivity index (χ4n) is 4.58. The summed E-state index contributed by atoms with van der Waals surface area (Å²) in [5, 5.41) is 5.34. The number of alkyl halides is 6. The number of benzene rings is 2. The van der Waals surface area contributed by atoms with E-state index >= 15 is 0 Å². The molecule has 0 spiro atoms. The Balaban J connectivity index is 0.000000191. The lowest BCUT2D eigenvalue weighted by molar-refractivity contribution is -0.208. The van der Waals surface area contributed by atoms with Gasteiger partial charge in [-0.05, 0) is 87.0 Å². The van der Waals surface area contributed by atoms with Crippen LogP contribution in [0.25, 0.3) is 0 Å². The van der Waals surface area contributed by atoms with Gasteiger partial charge in [-0.15, -0.1) is 0 Å². The van der Waals surface area contributed by atoms with Crippen molar-refractivity contribution in [3.63, 3.8) is 0 Å². The first kappa shape index (κ1) is 27.5. The van der Waals surface area contributed by atoms with Crippen molar-refractivity contribution < 1.29 is 26.3 Å². The van der Waals surface area contributed by atoms with Crippen molar-refractivity contribution in [3.05, 3.63) is 68.6 Å². The molecule has 2 aliphatic rings. The van der Waals surface area contributed by atoms with E-state index < -0.39 is 23.4 Å². The van der Waals surface area contributed by atoms with Crippen molar-refractivity contribution in [1.29, 1.82) is 0 Å². The van der Waals surface area contributed by atoms with Crippen LogP contribution in [0.3, 0.4) is 0 Å². The van der Waals surface area contributed by atoms with E-state index in [1.807, 2.05) is 0 Å². The van der Waals surface area contributed by atoms with Crippen LogP contribution < -0.4 is 10.6 Å². The molecule has 0 aliphatic carbocycles. The number of halogens is 8. The maximum absolute atomic E-state index is 13.3. The van der Waals surface area contributed by atoms with Crippen LogP contribution in [0.15, 0.2) is 57.5 Å². The summed E-state index contributed by atoms with van der Waals surface area (Å²) in [5.74, 6) is 0. The fraction of sp³-hybridized carbons (Fsp3) is 0.500. The maximum Gasteiger partial charge on any atom is 0.410 e. The first-order valence-electron chi connectivity index (χ1n) is 11.1. The molecule has 10 heteroatoms. The Morgan fingerprint density at radius 1 is 0.559 bits per heavy atom. The summed E-state index contributed by atoms with van der Waals surface area (Å²) in [5.41, 5.74) is -3.14. The van der Waals surface area contributed by atoms with Gasteiger partial charge in [-0.3, -0.25) is 10.6 Å². The standard InChI is InChI=1S/2C12H13BrF3N/c2*13-10-5-3-9(4-6-10)11(12(14,15)16)7-1-2-8-17-11/h2*3-6,17H,1-2,7-8H2. The third-order valence-electron chi connectivity index (χ3n) is 6.45. The third-order valence-corrected chi connectivity index (χ3v) is 7.51. The molecule has 2 fully saturated rings. The van der Waals surface area contributed by atoms with Crippen molar-refractivity contribution >= 4 is 31.9 Å². The van der Waals surface area contributed by atoms with Gasteiger partial charge in [0.25, 0.3) is 0 Å². The molecule has 2 aliphatic heterocycles. The summed E-state index contributed by atoms with van der Waals surface area (Å²) in [7, 11) is 0. The Kier molecular flexibility index (Phi) is 8.80. The van der Waals surface area contributed by atoms with Gasteiger partial charge in [0.1, 0.15) is 11.1 Å². The van der Waals surface area contributed by atoms with E-state index in [-0.39, 0.29) is 12.8 Å². The smallest absolute Gasteiger partial charge is 0.300 e. The van der Waals surface area contributed by atoms with Crippen molar-refractivity contribution in [2.45, 2.75) is 62.0 Å². The second-order valence-corrected chi connectivity index (χ2v) is 10.4. The lowest BCUT2D eigenvalue weighted by Crippen LogP contribution is -2.56. The van der Waals surface area contributed by atoms with Gasteiger partial charge in [0.15, 0.2) is 0 Å². The van der Waals surface area contributed by atoms with E-state index in [1.54, 1.807) is 24.3 Å². The molecule has 0 amide bonds. The Morgan fingerprint density at radius 3 is 1.12 bits per heavy atom. The van der Waals surface area contributed by atoms with E-state index in [1.165, 1.54) is 24.3 Å². The fourth-order valence-corrected chi connectivity index (χ4v) is 5.11. The lowest BCUT2D eigenvalue weighted by atomic mass is 9.81. The highest BCUT2D eigenvalue weighted by Crippen LogP contribution is 2.45. The Hall–Kier alpha value is -1.10. The monoisotopic (exact) mass is 614 g/mol. The van der Waals surface area contributed by atoms with Crippen LogP contribution in [0.1, 0.15) is 49.7 Å². The van der Waals surface area contributed by atoms with Crippen molar-refractivity contribution in [2.24, 2.45) is 0 Å². The molecule has 0 saturated carbocycles. The van der Waals surface area contributed by atoms with Crippen LogP contribution in [0.2, 0.25) is 0 Å². The van der Waals surface area contributed by atoms with Crippen LogP contribution in [0.5, 0.6) is 0 Å². The molecular formula is C24H26Br2F6N2. The average Bonchev–Trinajstić information content (AvgIpc) is 2.80. The number of hydrogen-bond acceptors (Lipinski definition) is 2. The Bertz CT molecular complexity index is 837. The van der Waals surface area contributed by atoms with E-state index in [4.69, 9.17) is 0 Å². The van der Waals surface area contributed by atoms with Crippen LogP contribution in [-0.4, -0.2) is 25.4 Å². The third kappa shape index (κ3) is 5.82. The van der Waals surface area contributed by atoms with Gasteiger partial charge in [0, 0.05) is 8.95 Å². The Morgan fingerprint density at radius 2 is 0.882 bits per heavy atom. The molecule has 2 aromatic rings. The van der Waals surface area contributed by atoms with Gasteiger partial charge in [-0.1, -0.05) is 56.1 Å². The summed E-state index contributed by atoms with van der Waals surface area (Å²) in [4.78, 5) is 0. The van der Waals surface area contributed by atoms with Gasteiger partial charge in [-0.2, -0.15) is 26.3 Å². The van der Waals surface area contributed by atoms with Gasteiger partial charge >= 0.3 is 12.4 Å². The van der Waals surface area contributed by atoms with E-state index in [9.17, 15) is 26.3 Å². The van der Waals surface area contributed by atoms with Gasteiger partial charge in [0.05, 0.1) is 0 Å². The normalized spacial score (nSPS) is 25.9. The molecule has 0 aromatic heterocycles. The van der Waals surface area contributed by atoms with Gasteiger partial charge < -0.3 is 0 Å². The molecule has 188 valence electrons. The summed E-state index contributed by atoms with van der Waals surface area (Å²) in [6.45, 7) is 0.825. The summed E-state index contributed by atoms with van der Waals surface area (Å²) in [6, 6.07) is 12.8. The Labute approximate surface area is 212 Å². The predicted octanol–water partition coefficient (Wildman–Crippen LogP) is 7.96. The minimum Gasteiger partial charge on any atom is -0.300 e. The minimum atomic E-state index is -4.26. The van der Waals surface area contributed by atoms with E-state index in [0.29, 0.717) is 37.1 Å². The summed E-state index contributed by atoms with van der Waals surface area (Å²) in [6.07, 6.45) is -5.51. The highest BCUT2D eigenvalue weighted by molar-refractivity contribution is 9.10. The summed E-state index contributed by atoms with van der Waals surface area (Å²) < 4.78 is 81.4. The highest BCUT2D eigenvalue weighted by atomic mass is 79.9. The highest BCUT2D eigenvalue weighted by Gasteiger charge is 2.56. The molecule has 2 saturated heterocycles.